The number of rotatable bonds is 6. The minimum atomic E-state index is -0.868. The summed E-state index contributed by atoms with van der Waals surface area (Å²) < 4.78 is 13.8. The van der Waals surface area contributed by atoms with Crippen molar-refractivity contribution in [1.82, 2.24) is 20.3 Å². The summed E-state index contributed by atoms with van der Waals surface area (Å²) >= 11 is 0. The van der Waals surface area contributed by atoms with Crippen LogP contribution in [0.15, 0.2) is 47.9 Å². The van der Waals surface area contributed by atoms with E-state index in [1.54, 1.807) is 18.5 Å². The second kappa shape index (κ2) is 8.17. The molecule has 5 rings (SSSR count). The second-order valence-corrected chi connectivity index (χ2v) is 8.52. The SMILES string of the molecule is CC(C)N1CNc2c(NCCC3CNC4=CCC(F)C=C43)nc(-c3cccnc3)nc21. The van der Waals surface area contributed by atoms with Crippen LogP contribution in [0.2, 0.25) is 0 Å². The molecule has 1 fully saturated rings. The standard InChI is InChI=1S/C23H28FN7/c1-14(2)31-13-28-20-22(29-21(30-23(20)31)16-4-3-8-25-11-16)26-9-7-15-12-27-19-6-5-17(24)10-18(15)19/h3-4,6,8,10-11,14-15,17,27-28H,5,7,9,12-13H2,1-2H3,(H,26,29,30). The van der Waals surface area contributed by atoms with E-state index in [9.17, 15) is 4.39 Å². The van der Waals surface area contributed by atoms with Crippen molar-refractivity contribution in [1.29, 1.82) is 0 Å². The molecule has 1 aliphatic carbocycles. The summed E-state index contributed by atoms with van der Waals surface area (Å²) in [5, 5.41) is 10.4. The number of aromatic nitrogens is 3. The van der Waals surface area contributed by atoms with Crippen LogP contribution in [-0.4, -0.2) is 46.9 Å². The van der Waals surface area contributed by atoms with Crippen LogP contribution in [-0.2, 0) is 0 Å². The van der Waals surface area contributed by atoms with Gasteiger partial charge < -0.3 is 20.9 Å². The van der Waals surface area contributed by atoms with Gasteiger partial charge in [0.2, 0.25) is 0 Å². The van der Waals surface area contributed by atoms with Gasteiger partial charge in [0.05, 0.1) is 6.67 Å². The predicted molar refractivity (Wildman–Crippen MR) is 122 cm³/mol. The van der Waals surface area contributed by atoms with Crippen LogP contribution in [0, 0.1) is 5.92 Å². The zero-order valence-electron chi connectivity index (χ0n) is 17.9. The Hall–Kier alpha value is -3.16. The Morgan fingerprint density at radius 2 is 2.19 bits per heavy atom. The van der Waals surface area contributed by atoms with Gasteiger partial charge in [0, 0.05) is 55.1 Å². The van der Waals surface area contributed by atoms with Gasteiger partial charge >= 0.3 is 0 Å². The molecule has 4 heterocycles. The maximum absolute atomic E-state index is 13.8. The van der Waals surface area contributed by atoms with E-state index >= 15 is 0 Å². The predicted octanol–water partition coefficient (Wildman–Crippen LogP) is 3.71. The molecule has 7 nitrogen and oxygen atoms in total. The van der Waals surface area contributed by atoms with Gasteiger partial charge in [0.1, 0.15) is 11.9 Å². The van der Waals surface area contributed by atoms with E-state index < -0.39 is 6.17 Å². The highest BCUT2D eigenvalue weighted by atomic mass is 19.1. The third-order valence-corrected chi connectivity index (χ3v) is 6.11. The molecule has 8 heteroatoms. The number of fused-ring (bicyclic) bond motifs is 2. The molecule has 0 bridgehead atoms. The first-order chi connectivity index (χ1) is 15.1. The first-order valence-electron chi connectivity index (χ1n) is 11.0. The Morgan fingerprint density at radius 3 is 3.00 bits per heavy atom. The number of hydrogen-bond acceptors (Lipinski definition) is 7. The molecule has 0 radical (unpaired) electrons. The number of nitrogens with one attached hydrogen (secondary N) is 3. The summed E-state index contributed by atoms with van der Waals surface area (Å²) in [6.45, 7) is 6.62. The van der Waals surface area contributed by atoms with Crippen molar-refractivity contribution in [2.45, 2.75) is 38.9 Å². The normalized spacial score (nSPS) is 21.7. The average molecular weight is 422 g/mol. The van der Waals surface area contributed by atoms with Crippen LogP contribution in [0.4, 0.5) is 21.7 Å². The second-order valence-electron chi connectivity index (χ2n) is 8.52. The molecule has 2 unspecified atom stereocenters. The quantitative estimate of drug-likeness (QED) is 0.656. The van der Waals surface area contributed by atoms with Crippen molar-refractivity contribution >= 4 is 17.3 Å². The van der Waals surface area contributed by atoms with Crippen LogP contribution < -0.4 is 20.9 Å². The fourth-order valence-corrected chi connectivity index (χ4v) is 4.43. The fourth-order valence-electron chi connectivity index (χ4n) is 4.43. The molecule has 162 valence electrons. The third kappa shape index (κ3) is 3.82. The summed E-state index contributed by atoms with van der Waals surface area (Å²) in [5.74, 6) is 2.68. The highest BCUT2D eigenvalue weighted by Gasteiger charge is 2.30. The Labute approximate surface area is 181 Å². The van der Waals surface area contributed by atoms with E-state index in [0.717, 1.165) is 53.7 Å². The highest BCUT2D eigenvalue weighted by Crippen LogP contribution is 2.38. The molecule has 2 aromatic rings. The van der Waals surface area contributed by atoms with E-state index in [1.165, 1.54) is 0 Å². The van der Waals surface area contributed by atoms with Crippen molar-refractivity contribution in [2.24, 2.45) is 5.92 Å². The summed E-state index contributed by atoms with van der Waals surface area (Å²) in [7, 11) is 0. The lowest BCUT2D eigenvalue weighted by Gasteiger charge is -2.22. The molecule has 0 aromatic carbocycles. The van der Waals surface area contributed by atoms with Crippen molar-refractivity contribution in [2.75, 3.05) is 35.3 Å². The zero-order chi connectivity index (χ0) is 21.4. The van der Waals surface area contributed by atoms with Gasteiger partial charge in [0.15, 0.2) is 17.5 Å². The fraction of sp³-hybridized carbons (Fsp3) is 0.435. The molecule has 2 aliphatic heterocycles. The Bertz CT molecular complexity index is 1020. The summed E-state index contributed by atoms with van der Waals surface area (Å²) in [5.41, 5.74) is 4.05. The average Bonchev–Trinajstić information content (AvgIpc) is 3.38. The monoisotopic (exact) mass is 421 g/mol. The van der Waals surface area contributed by atoms with Gasteiger partial charge in [-0.2, -0.15) is 0 Å². The minimum Gasteiger partial charge on any atom is -0.384 e. The van der Waals surface area contributed by atoms with Crippen LogP contribution >= 0.6 is 0 Å². The molecular formula is C23H28FN7. The first-order valence-corrected chi connectivity index (χ1v) is 11.0. The Balaban J connectivity index is 1.37. The largest absolute Gasteiger partial charge is 0.384 e. The van der Waals surface area contributed by atoms with Crippen molar-refractivity contribution in [3.05, 3.63) is 47.9 Å². The van der Waals surface area contributed by atoms with E-state index in [0.29, 0.717) is 30.9 Å². The third-order valence-electron chi connectivity index (χ3n) is 6.11. The molecule has 0 spiro atoms. The van der Waals surface area contributed by atoms with Crippen molar-refractivity contribution < 1.29 is 4.39 Å². The van der Waals surface area contributed by atoms with Crippen molar-refractivity contribution in [3.8, 4) is 11.4 Å². The van der Waals surface area contributed by atoms with Gasteiger partial charge in [-0.1, -0.05) is 6.08 Å². The molecule has 3 aliphatic rings. The van der Waals surface area contributed by atoms with Crippen LogP contribution in [0.1, 0.15) is 26.7 Å². The molecule has 2 aromatic heterocycles. The molecule has 2 atom stereocenters. The lowest BCUT2D eigenvalue weighted by Crippen LogP contribution is -2.30. The van der Waals surface area contributed by atoms with Gasteiger partial charge in [-0.25, -0.2) is 14.4 Å². The summed E-state index contributed by atoms with van der Waals surface area (Å²) in [6.07, 6.45) is 7.80. The minimum absolute atomic E-state index is 0.310. The van der Waals surface area contributed by atoms with E-state index in [-0.39, 0.29) is 0 Å². The lowest BCUT2D eigenvalue weighted by atomic mass is 9.92. The lowest BCUT2D eigenvalue weighted by molar-refractivity contribution is 0.396. The Kier molecular flexibility index (Phi) is 5.21. The van der Waals surface area contributed by atoms with Gasteiger partial charge in [-0.15, -0.1) is 0 Å². The number of hydrogen-bond donors (Lipinski definition) is 3. The van der Waals surface area contributed by atoms with E-state index in [2.05, 4.69) is 39.7 Å². The maximum atomic E-state index is 13.8. The zero-order valence-corrected chi connectivity index (χ0v) is 17.9. The van der Waals surface area contributed by atoms with E-state index in [4.69, 9.17) is 9.97 Å². The van der Waals surface area contributed by atoms with Gasteiger partial charge in [0.25, 0.3) is 0 Å². The summed E-state index contributed by atoms with van der Waals surface area (Å²) in [6, 6.07) is 4.19. The van der Waals surface area contributed by atoms with Gasteiger partial charge in [-0.05, 0) is 44.1 Å². The number of halogens is 1. The van der Waals surface area contributed by atoms with Gasteiger partial charge in [-0.3, -0.25) is 4.98 Å². The number of nitrogens with zero attached hydrogens (tertiary/aromatic N) is 4. The molecule has 31 heavy (non-hydrogen) atoms. The number of pyridine rings is 1. The molecular weight excluding hydrogens is 393 g/mol. The highest BCUT2D eigenvalue weighted by molar-refractivity contribution is 5.83. The molecule has 0 amide bonds. The molecule has 0 saturated carbocycles. The van der Waals surface area contributed by atoms with Crippen LogP contribution in [0.5, 0.6) is 0 Å². The molecule has 1 saturated heterocycles. The van der Waals surface area contributed by atoms with Crippen LogP contribution in [0.3, 0.4) is 0 Å². The first kappa shape index (κ1) is 19.8. The smallest absolute Gasteiger partial charge is 0.165 e. The van der Waals surface area contributed by atoms with E-state index in [1.807, 2.05) is 18.2 Å². The topological polar surface area (TPSA) is 78.0 Å². The summed E-state index contributed by atoms with van der Waals surface area (Å²) in [4.78, 5) is 16.1. The van der Waals surface area contributed by atoms with Crippen LogP contribution in [0.25, 0.3) is 11.4 Å². The molecule has 3 N–H and O–H groups in total. The maximum Gasteiger partial charge on any atom is 0.165 e. The number of anilines is 3. The number of allylic oxidation sites excluding steroid dienone is 3. The Morgan fingerprint density at radius 1 is 1.29 bits per heavy atom. The van der Waals surface area contributed by atoms with Crippen molar-refractivity contribution in [3.63, 3.8) is 0 Å². The number of alkyl halides is 1.